The summed E-state index contributed by atoms with van der Waals surface area (Å²) in [6.07, 6.45) is 6.00. The Morgan fingerprint density at radius 3 is 2.87 bits per heavy atom. The lowest BCUT2D eigenvalue weighted by atomic mass is 10.1. The van der Waals surface area contributed by atoms with E-state index in [-0.39, 0.29) is 18.0 Å². The molecule has 1 fully saturated rings. The highest BCUT2D eigenvalue weighted by atomic mass is 16.2. The number of urea groups is 1. The van der Waals surface area contributed by atoms with Crippen LogP contribution in [0.3, 0.4) is 0 Å². The second-order valence-electron chi connectivity index (χ2n) is 8.40. The number of aromatic nitrogens is 4. The predicted molar refractivity (Wildman–Crippen MR) is 120 cm³/mol. The van der Waals surface area contributed by atoms with Gasteiger partial charge >= 0.3 is 6.03 Å². The lowest BCUT2D eigenvalue weighted by molar-refractivity contribution is 0.254. The van der Waals surface area contributed by atoms with Gasteiger partial charge in [0.1, 0.15) is 0 Å². The van der Waals surface area contributed by atoms with Crippen LogP contribution in [0.4, 0.5) is 22.1 Å². The lowest BCUT2D eigenvalue weighted by Crippen LogP contribution is -2.48. The van der Waals surface area contributed by atoms with Gasteiger partial charge in [0, 0.05) is 36.7 Å². The maximum atomic E-state index is 13.4. The topological polar surface area (TPSA) is 87.1 Å². The third kappa shape index (κ3) is 3.58. The number of fused-ring (bicyclic) bond motifs is 4. The fourth-order valence-corrected chi connectivity index (χ4v) is 4.23. The molecule has 2 bridgehead atoms. The molecule has 1 unspecified atom stereocenters. The van der Waals surface area contributed by atoms with Crippen molar-refractivity contribution in [3.63, 3.8) is 0 Å². The van der Waals surface area contributed by atoms with Gasteiger partial charge in [0.2, 0.25) is 0 Å². The molecule has 0 aliphatic carbocycles. The van der Waals surface area contributed by atoms with Gasteiger partial charge in [0.05, 0.1) is 29.3 Å². The van der Waals surface area contributed by atoms with Crippen LogP contribution in [0.1, 0.15) is 37.6 Å². The smallest absolute Gasteiger partial charge is 0.329 e. The van der Waals surface area contributed by atoms with Gasteiger partial charge in [0.15, 0.2) is 11.6 Å². The third-order valence-electron chi connectivity index (χ3n) is 5.84. The average molecular weight is 416 g/mol. The van der Waals surface area contributed by atoms with Gasteiger partial charge < -0.3 is 4.90 Å². The average Bonchev–Trinajstić information content (AvgIpc) is 3.18. The zero-order chi connectivity index (χ0) is 21.5. The number of hydrogen-bond donors (Lipinski definition) is 1. The largest absolute Gasteiger partial charge is 0.366 e. The summed E-state index contributed by atoms with van der Waals surface area (Å²) in [4.78, 5) is 35.4. The number of rotatable bonds is 3. The second-order valence-corrected chi connectivity index (χ2v) is 8.40. The number of nitrogens with one attached hydrogen (secondary N) is 1. The van der Waals surface area contributed by atoms with E-state index in [1.54, 1.807) is 23.5 Å². The minimum absolute atomic E-state index is 0.0793. The quantitative estimate of drug-likeness (QED) is 0.696. The van der Waals surface area contributed by atoms with E-state index in [1.165, 1.54) is 0 Å². The number of hydrogen-bond acceptors (Lipinski definition) is 6. The molecular weight excluding hydrogens is 390 g/mol. The van der Waals surface area contributed by atoms with Gasteiger partial charge in [-0.1, -0.05) is 13.8 Å². The Morgan fingerprint density at radius 2 is 2.06 bits per heavy atom. The van der Waals surface area contributed by atoms with Gasteiger partial charge in [-0.05, 0) is 43.5 Å². The third-order valence-corrected chi connectivity index (χ3v) is 5.84. The normalized spacial score (nSPS) is 17.1. The van der Waals surface area contributed by atoms with Crippen LogP contribution in [0.5, 0.6) is 0 Å². The van der Waals surface area contributed by atoms with E-state index in [9.17, 15) is 4.79 Å². The zero-order valence-electron chi connectivity index (χ0n) is 17.9. The summed E-state index contributed by atoms with van der Waals surface area (Å²) in [5.74, 6) is 1.38. The van der Waals surface area contributed by atoms with Crippen LogP contribution in [-0.4, -0.2) is 45.1 Å². The molecule has 0 saturated carbocycles. The number of amides is 2. The summed E-state index contributed by atoms with van der Waals surface area (Å²) in [5.41, 5.74) is 4.57. The first kappa shape index (κ1) is 19.4. The van der Waals surface area contributed by atoms with Crippen LogP contribution in [-0.2, 0) is 0 Å². The summed E-state index contributed by atoms with van der Waals surface area (Å²) in [6, 6.07) is 7.88. The molecule has 8 nitrogen and oxygen atoms in total. The van der Waals surface area contributed by atoms with Gasteiger partial charge in [-0.25, -0.2) is 14.8 Å². The fraction of sp³-hybridized carbons (Fsp3) is 0.348. The zero-order valence-corrected chi connectivity index (χ0v) is 17.9. The van der Waals surface area contributed by atoms with Crippen molar-refractivity contribution in [2.45, 2.75) is 39.2 Å². The SMILES string of the molecule is Cc1cc(-c2ccc3c(n2)N(C(=O)Nc2cncc(C(C)C)n2)C2CCN3C2)ccn1. The van der Waals surface area contributed by atoms with Crippen LogP contribution in [0, 0.1) is 6.92 Å². The van der Waals surface area contributed by atoms with Crippen molar-refractivity contribution in [1.29, 1.82) is 0 Å². The molecule has 0 radical (unpaired) electrons. The number of aryl methyl sites for hydroxylation is 1. The minimum atomic E-state index is -0.224. The van der Waals surface area contributed by atoms with E-state index in [0.717, 1.165) is 47.8 Å². The molecule has 5 heterocycles. The molecule has 5 rings (SSSR count). The first-order chi connectivity index (χ1) is 15.0. The molecule has 31 heavy (non-hydrogen) atoms. The number of nitrogens with zero attached hydrogens (tertiary/aromatic N) is 6. The van der Waals surface area contributed by atoms with Gasteiger partial charge in [0.25, 0.3) is 0 Å². The van der Waals surface area contributed by atoms with Crippen molar-refractivity contribution < 1.29 is 4.79 Å². The molecule has 1 saturated heterocycles. The van der Waals surface area contributed by atoms with E-state index in [4.69, 9.17) is 4.98 Å². The van der Waals surface area contributed by atoms with Crippen molar-refractivity contribution in [2.24, 2.45) is 0 Å². The molecule has 3 aromatic heterocycles. The van der Waals surface area contributed by atoms with Crippen molar-refractivity contribution in [3.05, 3.63) is 54.2 Å². The molecule has 0 spiro atoms. The Labute approximate surface area is 181 Å². The highest BCUT2D eigenvalue weighted by molar-refractivity contribution is 6.04. The van der Waals surface area contributed by atoms with E-state index in [1.807, 2.05) is 25.1 Å². The van der Waals surface area contributed by atoms with E-state index in [0.29, 0.717) is 11.6 Å². The number of anilines is 3. The Balaban J connectivity index is 1.50. The minimum Gasteiger partial charge on any atom is -0.366 e. The Morgan fingerprint density at radius 1 is 1.19 bits per heavy atom. The summed E-state index contributed by atoms with van der Waals surface area (Å²) in [7, 11) is 0. The van der Waals surface area contributed by atoms with Crippen molar-refractivity contribution in [3.8, 4) is 11.3 Å². The Hall–Kier alpha value is -3.55. The monoisotopic (exact) mass is 415 g/mol. The lowest BCUT2D eigenvalue weighted by Gasteiger charge is -2.35. The van der Waals surface area contributed by atoms with E-state index < -0.39 is 0 Å². The molecule has 3 aromatic rings. The molecule has 2 aliphatic rings. The molecule has 2 amide bonds. The van der Waals surface area contributed by atoms with Gasteiger partial charge in [-0.15, -0.1) is 0 Å². The molecule has 1 atom stereocenters. The number of pyridine rings is 2. The standard InChI is InChI=1S/C23H25N7O/c1-14(2)19-11-24-12-21(26-19)28-23(31)30-17-7-9-29(13-17)20-5-4-18(27-22(20)30)16-6-8-25-15(3)10-16/h4-6,8,10-12,14,17H,7,9,13H2,1-3H3,(H,26,28,31). The first-order valence-electron chi connectivity index (χ1n) is 10.6. The summed E-state index contributed by atoms with van der Waals surface area (Å²) in [5, 5.41) is 2.94. The molecule has 0 aromatic carbocycles. The summed E-state index contributed by atoms with van der Waals surface area (Å²) >= 11 is 0. The first-order valence-corrected chi connectivity index (χ1v) is 10.6. The second kappa shape index (κ2) is 7.61. The van der Waals surface area contributed by atoms with Crippen LogP contribution >= 0.6 is 0 Å². The molecule has 8 heteroatoms. The van der Waals surface area contributed by atoms with E-state index >= 15 is 0 Å². The van der Waals surface area contributed by atoms with Crippen LogP contribution in [0.2, 0.25) is 0 Å². The van der Waals surface area contributed by atoms with Crippen molar-refractivity contribution in [1.82, 2.24) is 19.9 Å². The summed E-state index contributed by atoms with van der Waals surface area (Å²) in [6.45, 7) is 7.79. The fourth-order valence-electron chi connectivity index (χ4n) is 4.23. The maximum absolute atomic E-state index is 13.4. The van der Waals surface area contributed by atoms with Crippen molar-refractivity contribution in [2.75, 3.05) is 28.2 Å². The molecule has 1 N–H and O–H groups in total. The van der Waals surface area contributed by atoms with Gasteiger partial charge in [-0.3, -0.25) is 20.2 Å². The molecule has 2 aliphatic heterocycles. The molecular formula is C23H25N7O. The van der Waals surface area contributed by atoms with Crippen LogP contribution in [0.15, 0.2) is 42.9 Å². The number of carbonyl (C=O) groups is 1. The van der Waals surface area contributed by atoms with Crippen molar-refractivity contribution >= 4 is 23.4 Å². The van der Waals surface area contributed by atoms with E-state index in [2.05, 4.69) is 45.1 Å². The number of carbonyl (C=O) groups excluding carboxylic acids is 1. The van der Waals surface area contributed by atoms with Crippen LogP contribution in [0.25, 0.3) is 11.3 Å². The highest BCUT2D eigenvalue weighted by Gasteiger charge is 2.40. The Kier molecular flexibility index (Phi) is 4.77. The highest BCUT2D eigenvalue weighted by Crippen LogP contribution is 2.40. The summed E-state index contributed by atoms with van der Waals surface area (Å²) < 4.78 is 0. The Bertz CT molecular complexity index is 1150. The van der Waals surface area contributed by atoms with Gasteiger partial charge in [-0.2, -0.15) is 0 Å². The predicted octanol–water partition coefficient (Wildman–Crippen LogP) is 4.00. The maximum Gasteiger partial charge on any atom is 0.329 e. The molecule has 158 valence electrons. The van der Waals surface area contributed by atoms with Crippen LogP contribution < -0.4 is 15.1 Å².